The highest BCUT2D eigenvalue weighted by Crippen LogP contribution is 2.41. The van der Waals surface area contributed by atoms with Gasteiger partial charge in [0.15, 0.2) is 0 Å². The topological polar surface area (TPSA) is 15.3 Å². The molecule has 0 aromatic carbocycles. The van der Waals surface area contributed by atoms with Gasteiger partial charge in [-0.05, 0) is 62.7 Å². The molecule has 2 heteroatoms. The van der Waals surface area contributed by atoms with Crippen molar-refractivity contribution in [1.29, 1.82) is 0 Å². The van der Waals surface area contributed by atoms with Crippen molar-refractivity contribution in [2.45, 2.75) is 89.1 Å². The minimum absolute atomic E-state index is 0.608. The van der Waals surface area contributed by atoms with Gasteiger partial charge in [0.2, 0.25) is 0 Å². The number of hydrogen-bond acceptors (Lipinski definition) is 2. The van der Waals surface area contributed by atoms with E-state index in [2.05, 4.69) is 10.2 Å². The smallest absolute Gasteiger partial charge is 0.00967 e. The average molecular weight is 290 g/mol. The second kappa shape index (κ2) is 6.20. The van der Waals surface area contributed by atoms with E-state index in [4.69, 9.17) is 0 Å². The van der Waals surface area contributed by atoms with E-state index in [1.165, 1.54) is 96.7 Å². The van der Waals surface area contributed by atoms with E-state index < -0.39 is 0 Å². The second-order valence-electron chi connectivity index (χ2n) is 8.67. The summed E-state index contributed by atoms with van der Waals surface area (Å²) in [6, 6.07) is 1.84. The lowest BCUT2D eigenvalue weighted by atomic mass is 9.79. The molecule has 4 aliphatic rings. The first kappa shape index (κ1) is 14.5. The molecule has 4 fully saturated rings. The van der Waals surface area contributed by atoms with Crippen molar-refractivity contribution in [1.82, 2.24) is 10.2 Å². The predicted molar refractivity (Wildman–Crippen MR) is 88.5 cm³/mol. The maximum Gasteiger partial charge on any atom is 0.00967 e. The fourth-order valence-electron chi connectivity index (χ4n) is 4.36. The molecule has 0 amide bonds. The van der Waals surface area contributed by atoms with Crippen LogP contribution in [0.3, 0.4) is 0 Å². The van der Waals surface area contributed by atoms with Crippen molar-refractivity contribution in [3.63, 3.8) is 0 Å². The molecule has 0 heterocycles. The lowest BCUT2D eigenvalue weighted by molar-refractivity contribution is 0.116. The molecule has 0 radical (unpaired) electrons. The summed E-state index contributed by atoms with van der Waals surface area (Å²) in [7, 11) is 0. The van der Waals surface area contributed by atoms with Gasteiger partial charge in [-0.25, -0.2) is 0 Å². The van der Waals surface area contributed by atoms with E-state index in [9.17, 15) is 0 Å². The minimum atomic E-state index is 0.608. The molecule has 0 unspecified atom stereocenters. The SMILES string of the molecule is C1CCCC(CNC2CC2)(CN(CC2CC2)C2CC2)CC1. The lowest BCUT2D eigenvalue weighted by Gasteiger charge is -2.39. The van der Waals surface area contributed by atoms with Crippen molar-refractivity contribution >= 4 is 0 Å². The highest BCUT2D eigenvalue weighted by atomic mass is 15.2. The van der Waals surface area contributed by atoms with E-state index >= 15 is 0 Å². The number of nitrogens with one attached hydrogen (secondary N) is 1. The van der Waals surface area contributed by atoms with Crippen LogP contribution in [0.15, 0.2) is 0 Å². The van der Waals surface area contributed by atoms with E-state index in [-0.39, 0.29) is 0 Å². The van der Waals surface area contributed by atoms with Crippen molar-refractivity contribution in [2.24, 2.45) is 11.3 Å². The molecule has 4 aliphatic carbocycles. The zero-order valence-electron chi connectivity index (χ0n) is 13.8. The van der Waals surface area contributed by atoms with Gasteiger partial charge in [0.1, 0.15) is 0 Å². The Bertz CT molecular complexity index is 333. The number of hydrogen-bond donors (Lipinski definition) is 1. The summed E-state index contributed by atoms with van der Waals surface area (Å²) in [6.07, 6.45) is 17.8. The van der Waals surface area contributed by atoms with E-state index in [0.29, 0.717) is 5.41 Å². The predicted octanol–water partition coefficient (Wildman–Crippen LogP) is 3.95. The van der Waals surface area contributed by atoms with Gasteiger partial charge in [0, 0.05) is 31.7 Å². The molecule has 0 aliphatic heterocycles. The Morgan fingerprint density at radius 3 is 2.14 bits per heavy atom. The molecule has 0 atom stereocenters. The van der Waals surface area contributed by atoms with Crippen LogP contribution in [0.1, 0.15) is 77.0 Å². The highest BCUT2D eigenvalue weighted by Gasteiger charge is 2.40. The first-order valence-electron chi connectivity index (χ1n) is 9.80. The summed E-state index contributed by atoms with van der Waals surface area (Å²) in [6.45, 7) is 4.15. The molecule has 4 rings (SSSR count). The van der Waals surface area contributed by atoms with Crippen LogP contribution >= 0.6 is 0 Å². The average Bonchev–Trinajstić information content (AvgIpc) is 3.34. The van der Waals surface area contributed by atoms with Gasteiger partial charge >= 0.3 is 0 Å². The van der Waals surface area contributed by atoms with Gasteiger partial charge in [-0.15, -0.1) is 0 Å². The molecule has 21 heavy (non-hydrogen) atoms. The van der Waals surface area contributed by atoms with Crippen LogP contribution in [0, 0.1) is 11.3 Å². The molecule has 0 spiro atoms. The quantitative estimate of drug-likeness (QED) is 0.681. The fraction of sp³-hybridized carbons (Fsp3) is 1.00. The summed E-state index contributed by atoms with van der Waals surface area (Å²) in [4.78, 5) is 2.93. The Hall–Kier alpha value is -0.0800. The van der Waals surface area contributed by atoms with Crippen LogP contribution in [0.2, 0.25) is 0 Å². The third-order valence-corrected chi connectivity index (χ3v) is 6.30. The van der Waals surface area contributed by atoms with Crippen molar-refractivity contribution in [3.05, 3.63) is 0 Å². The molecule has 0 aromatic rings. The molecule has 0 aromatic heterocycles. The van der Waals surface area contributed by atoms with Crippen molar-refractivity contribution in [2.75, 3.05) is 19.6 Å². The fourth-order valence-corrected chi connectivity index (χ4v) is 4.36. The second-order valence-corrected chi connectivity index (χ2v) is 8.67. The Kier molecular flexibility index (Phi) is 4.28. The molecule has 4 saturated carbocycles. The summed E-state index contributed by atoms with van der Waals surface area (Å²) < 4.78 is 0. The van der Waals surface area contributed by atoms with Crippen LogP contribution in [-0.4, -0.2) is 36.6 Å². The number of rotatable bonds is 8. The van der Waals surface area contributed by atoms with Gasteiger partial charge in [0.05, 0.1) is 0 Å². The van der Waals surface area contributed by atoms with E-state index in [0.717, 1.165) is 18.0 Å². The Labute approximate surface area is 131 Å². The molecular weight excluding hydrogens is 256 g/mol. The molecule has 1 N–H and O–H groups in total. The summed E-state index contributed by atoms with van der Waals surface area (Å²) in [5.41, 5.74) is 0.608. The molecule has 120 valence electrons. The number of nitrogens with zero attached hydrogens (tertiary/aromatic N) is 1. The highest BCUT2D eigenvalue weighted by molar-refractivity contribution is 4.95. The minimum Gasteiger partial charge on any atom is -0.313 e. The Morgan fingerprint density at radius 2 is 1.57 bits per heavy atom. The third-order valence-electron chi connectivity index (χ3n) is 6.30. The maximum absolute atomic E-state index is 3.90. The van der Waals surface area contributed by atoms with Gasteiger partial charge in [-0.2, -0.15) is 0 Å². The normalized spacial score (nSPS) is 29.6. The summed E-state index contributed by atoms with van der Waals surface area (Å²) >= 11 is 0. The maximum atomic E-state index is 3.90. The van der Waals surface area contributed by atoms with Crippen LogP contribution in [-0.2, 0) is 0 Å². The van der Waals surface area contributed by atoms with E-state index in [1.807, 2.05) is 0 Å². The van der Waals surface area contributed by atoms with Gasteiger partial charge < -0.3 is 5.32 Å². The zero-order chi connectivity index (χ0) is 14.1. The molecule has 0 bridgehead atoms. The van der Waals surface area contributed by atoms with Crippen LogP contribution in [0.25, 0.3) is 0 Å². The molecule has 0 saturated heterocycles. The Morgan fingerprint density at radius 1 is 0.857 bits per heavy atom. The first-order chi connectivity index (χ1) is 10.3. The van der Waals surface area contributed by atoms with Crippen LogP contribution in [0.5, 0.6) is 0 Å². The zero-order valence-corrected chi connectivity index (χ0v) is 13.8. The summed E-state index contributed by atoms with van der Waals surface area (Å²) in [5, 5.41) is 3.90. The lowest BCUT2D eigenvalue weighted by Crippen LogP contribution is -2.46. The molecule has 2 nitrogen and oxygen atoms in total. The van der Waals surface area contributed by atoms with Gasteiger partial charge in [-0.1, -0.05) is 25.7 Å². The van der Waals surface area contributed by atoms with Crippen LogP contribution < -0.4 is 5.32 Å². The van der Waals surface area contributed by atoms with Crippen LogP contribution in [0.4, 0.5) is 0 Å². The Balaban J connectivity index is 1.40. The molecular formula is C19H34N2. The largest absolute Gasteiger partial charge is 0.313 e. The first-order valence-corrected chi connectivity index (χ1v) is 9.80. The monoisotopic (exact) mass is 290 g/mol. The standard InChI is InChI=1S/C19H34N2/c1-2-4-12-19(11-3-1,14-20-17-7-8-17)15-21(18-9-10-18)13-16-5-6-16/h16-18,20H,1-15H2. The van der Waals surface area contributed by atoms with Crippen molar-refractivity contribution in [3.8, 4) is 0 Å². The summed E-state index contributed by atoms with van der Waals surface area (Å²) in [5.74, 6) is 1.06. The third kappa shape index (κ3) is 4.22. The van der Waals surface area contributed by atoms with Gasteiger partial charge in [0.25, 0.3) is 0 Å². The van der Waals surface area contributed by atoms with Gasteiger partial charge in [-0.3, -0.25) is 4.90 Å². The van der Waals surface area contributed by atoms with E-state index in [1.54, 1.807) is 0 Å². The van der Waals surface area contributed by atoms with Crippen molar-refractivity contribution < 1.29 is 0 Å².